The third kappa shape index (κ3) is 3.11. The molecule has 25 heavy (non-hydrogen) atoms. The first-order chi connectivity index (χ1) is 12.2. The Bertz CT molecular complexity index is 955. The molecule has 4 heteroatoms. The molecule has 0 saturated carbocycles. The molecule has 0 aliphatic heterocycles. The Morgan fingerprint density at radius 1 is 1.04 bits per heavy atom. The first-order valence-electron chi connectivity index (χ1n) is 8.30. The Kier molecular flexibility index (Phi) is 3.94. The standard InChI is InChI=1S/C21H18N2O2/c1-23-20-11-10-16(21(24)19(20)14-22-23)12-15-6-5-9-18(13-15)25-17-7-3-2-4-8-17/h2-9,12-14H,10-11H2,1H3/b16-12-. The minimum Gasteiger partial charge on any atom is -0.457 e. The summed E-state index contributed by atoms with van der Waals surface area (Å²) in [5.41, 5.74) is 3.52. The third-order valence-corrected chi connectivity index (χ3v) is 4.41. The van der Waals surface area contributed by atoms with Gasteiger partial charge in [0.05, 0.1) is 11.8 Å². The summed E-state index contributed by atoms with van der Waals surface area (Å²) in [4.78, 5) is 12.7. The van der Waals surface area contributed by atoms with E-state index in [1.54, 1.807) is 10.9 Å². The van der Waals surface area contributed by atoms with Gasteiger partial charge in [0.1, 0.15) is 11.5 Å². The molecule has 4 rings (SSSR count). The number of aromatic nitrogens is 2. The molecule has 1 aliphatic carbocycles. The Balaban J connectivity index is 1.60. The average molecular weight is 330 g/mol. The lowest BCUT2D eigenvalue weighted by Crippen LogP contribution is -2.14. The van der Waals surface area contributed by atoms with Crippen molar-refractivity contribution in [1.82, 2.24) is 9.78 Å². The van der Waals surface area contributed by atoms with Gasteiger partial charge >= 0.3 is 0 Å². The van der Waals surface area contributed by atoms with Crippen molar-refractivity contribution in [2.24, 2.45) is 7.05 Å². The van der Waals surface area contributed by atoms with Crippen molar-refractivity contribution in [3.05, 3.63) is 83.2 Å². The van der Waals surface area contributed by atoms with Gasteiger partial charge in [-0.05, 0) is 48.7 Å². The van der Waals surface area contributed by atoms with Crippen LogP contribution in [0.4, 0.5) is 0 Å². The summed E-state index contributed by atoms with van der Waals surface area (Å²) in [7, 11) is 1.88. The molecule has 0 spiro atoms. The van der Waals surface area contributed by atoms with Crippen LogP contribution in [0.5, 0.6) is 11.5 Å². The first-order valence-corrected chi connectivity index (χ1v) is 8.30. The largest absolute Gasteiger partial charge is 0.457 e. The molecular formula is C21H18N2O2. The topological polar surface area (TPSA) is 44.1 Å². The maximum Gasteiger partial charge on any atom is 0.192 e. The summed E-state index contributed by atoms with van der Waals surface area (Å²) in [5, 5.41) is 4.20. The van der Waals surface area contributed by atoms with Crippen LogP contribution in [-0.4, -0.2) is 15.6 Å². The first kappa shape index (κ1) is 15.4. The number of ketones is 1. The zero-order chi connectivity index (χ0) is 17.2. The van der Waals surface area contributed by atoms with Crippen molar-refractivity contribution in [2.75, 3.05) is 0 Å². The molecule has 1 aromatic heterocycles. The number of hydrogen-bond acceptors (Lipinski definition) is 3. The number of allylic oxidation sites excluding steroid dienone is 1. The van der Waals surface area contributed by atoms with Crippen molar-refractivity contribution in [1.29, 1.82) is 0 Å². The summed E-state index contributed by atoms with van der Waals surface area (Å²) >= 11 is 0. The minimum atomic E-state index is 0.0729. The van der Waals surface area contributed by atoms with Gasteiger partial charge in [0, 0.05) is 18.3 Å². The van der Waals surface area contributed by atoms with Crippen LogP contribution in [0, 0.1) is 0 Å². The minimum absolute atomic E-state index is 0.0729. The van der Waals surface area contributed by atoms with Gasteiger partial charge in [-0.3, -0.25) is 9.48 Å². The molecule has 1 heterocycles. The van der Waals surface area contributed by atoms with Crippen molar-refractivity contribution in [2.45, 2.75) is 12.8 Å². The monoisotopic (exact) mass is 330 g/mol. The fourth-order valence-electron chi connectivity index (χ4n) is 3.12. The van der Waals surface area contributed by atoms with Crippen LogP contribution in [0.2, 0.25) is 0 Å². The van der Waals surface area contributed by atoms with E-state index in [1.807, 2.05) is 67.7 Å². The van der Waals surface area contributed by atoms with Crippen LogP contribution in [-0.2, 0) is 13.5 Å². The normalized spacial score (nSPS) is 15.2. The summed E-state index contributed by atoms with van der Waals surface area (Å²) < 4.78 is 7.66. The average Bonchev–Trinajstić information content (AvgIpc) is 3.00. The van der Waals surface area contributed by atoms with Gasteiger partial charge in [0.2, 0.25) is 0 Å². The fraction of sp³-hybridized carbons (Fsp3) is 0.143. The Labute approximate surface area is 146 Å². The van der Waals surface area contributed by atoms with Gasteiger partial charge in [0.15, 0.2) is 5.78 Å². The van der Waals surface area contributed by atoms with Crippen LogP contribution >= 0.6 is 0 Å². The lowest BCUT2D eigenvalue weighted by atomic mass is 9.90. The van der Waals surface area contributed by atoms with E-state index in [0.717, 1.165) is 46.7 Å². The van der Waals surface area contributed by atoms with Crippen molar-refractivity contribution >= 4 is 11.9 Å². The zero-order valence-corrected chi connectivity index (χ0v) is 14.0. The number of ether oxygens (including phenoxy) is 1. The molecular weight excluding hydrogens is 312 g/mol. The Morgan fingerprint density at radius 3 is 2.68 bits per heavy atom. The maximum atomic E-state index is 12.7. The molecule has 4 nitrogen and oxygen atoms in total. The van der Waals surface area contributed by atoms with Crippen LogP contribution in [0.1, 0.15) is 28.0 Å². The van der Waals surface area contributed by atoms with E-state index in [2.05, 4.69) is 5.10 Å². The number of carbonyl (C=O) groups is 1. The van der Waals surface area contributed by atoms with Gasteiger partial charge in [-0.2, -0.15) is 5.10 Å². The highest BCUT2D eigenvalue weighted by atomic mass is 16.5. The second-order valence-electron chi connectivity index (χ2n) is 6.11. The summed E-state index contributed by atoms with van der Waals surface area (Å²) in [6.45, 7) is 0. The summed E-state index contributed by atoms with van der Waals surface area (Å²) in [6.07, 6.45) is 5.19. The predicted molar refractivity (Wildman–Crippen MR) is 96.8 cm³/mol. The van der Waals surface area contributed by atoms with Crippen LogP contribution in [0.15, 0.2) is 66.4 Å². The van der Waals surface area contributed by atoms with Crippen molar-refractivity contribution < 1.29 is 9.53 Å². The molecule has 3 aromatic rings. The molecule has 0 N–H and O–H groups in total. The predicted octanol–water partition coefficient (Wildman–Crippen LogP) is 4.42. The van der Waals surface area contributed by atoms with Gasteiger partial charge in [-0.1, -0.05) is 30.3 Å². The Morgan fingerprint density at radius 2 is 1.84 bits per heavy atom. The lowest BCUT2D eigenvalue weighted by molar-refractivity contribution is 0.102. The summed E-state index contributed by atoms with van der Waals surface area (Å²) in [5.74, 6) is 1.62. The molecule has 0 atom stereocenters. The van der Waals surface area contributed by atoms with Crippen LogP contribution in [0.25, 0.3) is 6.08 Å². The number of rotatable bonds is 3. The van der Waals surface area contributed by atoms with E-state index in [9.17, 15) is 4.79 Å². The van der Waals surface area contributed by atoms with E-state index >= 15 is 0 Å². The second-order valence-corrected chi connectivity index (χ2v) is 6.11. The van der Waals surface area contributed by atoms with E-state index < -0.39 is 0 Å². The van der Waals surface area contributed by atoms with Crippen molar-refractivity contribution in [3.8, 4) is 11.5 Å². The van der Waals surface area contributed by atoms with Gasteiger partial charge in [0.25, 0.3) is 0 Å². The quantitative estimate of drug-likeness (QED) is 0.668. The lowest BCUT2D eigenvalue weighted by Gasteiger charge is -2.14. The molecule has 0 fully saturated rings. The molecule has 0 radical (unpaired) electrons. The van der Waals surface area contributed by atoms with E-state index in [-0.39, 0.29) is 5.78 Å². The Hall–Kier alpha value is -3.14. The second kappa shape index (κ2) is 6.40. The number of Topliss-reactive ketones (excluding diaryl/α,β-unsaturated/α-hetero) is 1. The van der Waals surface area contributed by atoms with Crippen LogP contribution in [0.3, 0.4) is 0 Å². The molecule has 0 unspecified atom stereocenters. The number of fused-ring (bicyclic) bond motifs is 1. The highest BCUT2D eigenvalue weighted by Crippen LogP contribution is 2.28. The molecule has 0 saturated heterocycles. The molecule has 0 amide bonds. The molecule has 124 valence electrons. The smallest absolute Gasteiger partial charge is 0.192 e. The SMILES string of the molecule is Cn1ncc2c1CC/C(=C/c1cccc(Oc3ccccc3)c1)C2=O. The van der Waals surface area contributed by atoms with Gasteiger partial charge < -0.3 is 4.74 Å². The number of aryl methyl sites for hydroxylation is 1. The number of nitrogens with zero attached hydrogens (tertiary/aromatic N) is 2. The number of benzene rings is 2. The van der Waals surface area contributed by atoms with Gasteiger partial charge in [-0.25, -0.2) is 0 Å². The summed E-state index contributed by atoms with van der Waals surface area (Å²) in [6, 6.07) is 17.4. The highest BCUT2D eigenvalue weighted by Gasteiger charge is 2.24. The fourth-order valence-corrected chi connectivity index (χ4v) is 3.12. The zero-order valence-electron chi connectivity index (χ0n) is 14.0. The van der Waals surface area contributed by atoms with Crippen LogP contribution < -0.4 is 4.74 Å². The number of carbonyl (C=O) groups excluding carboxylic acids is 1. The van der Waals surface area contributed by atoms with Gasteiger partial charge in [-0.15, -0.1) is 0 Å². The molecule has 1 aliphatic rings. The highest BCUT2D eigenvalue weighted by molar-refractivity contribution is 6.12. The number of para-hydroxylation sites is 1. The molecule has 0 bridgehead atoms. The number of hydrogen-bond donors (Lipinski definition) is 0. The maximum absolute atomic E-state index is 12.7. The van der Waals surface area contributed by atoms with E-state index in [0.29, 0.717) is 0 Å². The third-order valence-electron chi connectivity index (χ3n) is 4.41. The van der Waals surface area contributed by atoms with E-state index in [1.165, 1.54) is 0 Å². The van der Waals surface area contributed by atoms with Crippen molar-refractivity contribution in [3.63, 3.8) is 0 Å². The molecule has 2 aromatic carbocycles. The van der Waals surface area contributed by atoms with E-state index in [4.69, 9.17) is 4.74 Å².